The zero-order valence-corrected chi connectivity index (χ0v) is 14.7. The number of aliphatic imine (C=N–C) groups is 1. The van der Waals surface area contributed by atoms with E-state index in [-0.39, 0.29) is 17.6 Å². The maximum atomic E-state index is 12.8. The van der Waals surface area contributed by atoms with Crippen LogP contribution in [-0.2, 0) is 6.18 Å². The zero-order valence-electron chi connectivity index (χ0n) is 14.7. The summed E-state index contributed by atoms with van der Waals surface area (Å²) in [5.41, 5.74) is 5.39. The highest BCUT2D eigenvalue weighted by Crippen LogP contribution is 2.29. The van der Waals surface area contributed by atoms with Crippen molar-refractivity contribution in [1.82, 2.24) is 9.97 Å². The summed E-state index contributed by atoms with van der Waals surface area (Å²) in [5, 5.41) is 2.77. The fourth-order valence-corrected chi connectivity index (χ4v) is 2.26. The molecule has 0 spiro atoms. The fraction of sp³-hybridized carbons (Fsp3) is 0.105. The van der Waals surface area contributed by atoms with Gasteiger partial charge in [-0.15, -0.1) is 0 Å². The second kappa shape index (κ2) is 7.95. The molecule has 0 saturated carbocycles. The van der Waals surface area contributed by atoms with Gasteiger partial charge >= 0.3 is 6.18 Å². The molecule has 0 atom stereocenters. The highest BCUT2D eigenvalue weighted by Gasteiger charge is 2.33. The normalized spacial score (nSPS) is 11.9. The Bertz CT molecular complexity index is 973. The first kappa shape index (κ1) is 19.2. The molecule has 0 amide bonds. The Kier molecular flexibility index (Phi) is 5.44. The summed E-state index contributed by atoms with van der Waals surface area (Å²) >= 11 is 0. The van der Waals surface area contributed by atoms with Gasteiger partial charge in [-0.3, -0.25) is 0 Å². The number of para-hydroxylation sites is 1. The van der Waals surface area contributed by atoms with Crippen molar-refractivity contribution in [3.63, 3.8) is 0 Å². The molecule has 0 fully saturated rings. The smallest absolute Gasteiger partial charge is 0.433 e. The number of nitrogens with two attached hydrogens (primary N) is 1. The van der Waals surface area contributed by atoms with Crippen molar-refractivity contribution in [2.75, 3.05) is 5.32 Å². The van der Waals surface area contributed by atoms with E-state index in [4.69, 9.17) is 10.5 Å². The molecule has 3 N–H and O–H groups in total. The number of anilines is 1. The van der Waals surface area contributed by atoms with Crippen LogP contribution < -0.4 is 15.8 Å². The predicted molar refractivity (Wildman–Crippen MR) is 99.6 cm³/mol. The summed E-state index contributed by atoms with van der Waals surface area (Å²) < 4.78 is 44.2. The van der Waals surface area contributed by atoms with Gasteiger partial charge in [-0.25, -0.2) is 9.97 Å². The van der Waals surface area contributed by atoms with Gasteiger partial charge in [-0.05, 0) is 49.4 Å². The molecular weight excluding hydrogens is 371 g/mol. The number of aryl methyl sites for hydroxylation is 1. The second-order valence-corrected chi connectivity index (χ2v) is 5.75. The van der Waals surface area contributed by atoms with Crippen molar-refractivity contribution in [3.05, 3.63) is 72.1 Å². The van der Waals surface area contributed by atoms with E-state index in [9.17, 15) is 13.2 Å². The lowest BCUT2D eigenvalue weighted by molar-refractivity contribution is -0.141. The SMILES string of the molecule is Cc1cc(C(F)(F)F)nc(N=C(N)Nc2ccc(Oc3ccccc3)cc2)n1. The van der Waals surface area contributed by atoms with E-state index < -0.39 is 11.9 Å². The Morgan fingerprint density at radius 1 is 1.00 bits per heavy atom. The molecule has 0 saturated heterocycles. The van der Waals surface area contributed by atoms with Crippen LogP contribution in [0.4, 0.5) is 24.8 Å². The molecule has 0 aliphatic rings. The number of ether oxygens (including phenoxy) is 1. The van der Waals surface area contributed by atoms with Crippen LogP contribution in [0.15, 0.2) is 65.7 Å². The van der Waals surface area contributed by atoms with Gasteiger partial charge in [0.2, 0.25) is 5.96 Å². The first-order chi connectivity index (χ1) is 13.3. The van der Waals surface area contributed by atoms with Gasteiger partial charge in [-0.1, -0.05) is 18.2 Å². The van der Waals surface area contributed by atoms with Crippen molar-refractivity contribution >= 4 is 17.6 Å². The van der Waals surface area contributed by atoms with Gasteiger partial charge in [0.15, 0.2) is 0 Å². The first-order valence-corrected chi connectivity index (χ1v) is 8.16. The van der Waals surface area contributed by atoms with Crippen molar-refractivity contribution in [1.29, 1.82) is 0 Å². The number of benzene rings is 2. The molecule has 1 aromatic heterocycles. The molecule has 3 rings (SSSR count). The molecule has 28 heavy (non-hydrogen) atoms. The lowest BCUT2D eigenvalue weighted by Crippen LogP contribution is -2.22. The highest BCUT2D eigenvalue weighted by atomic mass is 19.4. The number of nitrogens with one attached hydrogen (secondary N) is 1. The second-order valence-electron chi connectivity index (χ2n) is 5.75. The Morgan fingerprint density at radius 2 is 1.64 bits per heavy atom. The van der Waals surface area contributed by atoms with E-state index >= 15 is 0 Å². The number of aromatic nitrogens is 2. The summed E-state index contributed by atoms with van der Waals surface area (Å²) in [7, 11) is 0. The largest absolute Gasteiger partial charge is 0.457 e. The van der Waals surface area contributed by atoms with E-state index in [1.165, 1.54) is 6.92 Å². The summed E-state index contributed by atoms with van der Waals surface area (Å²) in [6.45, 7) is 1.42. The van der Waals surface area contributed by atoms with Crippen LogP contribution >= 0.6 is 0 Å². The molecule has 6 nitrogen and oxygen atoms in total. The van der Waals surface area contributed by atoms with Gasteiger partial charge in [0, 0.05) is 11.4 Å². The van der Waals surface area contributed by atoms with E-state index in [1.807, 2.05) is 30.3 Å². The molecule has 0 aliphatic heterocycles. The average Bonchev–Trinajstić information content (AvgIpc) is 2.63. The number of halogens is 3. The number of rotatable bonds is 4. The molecule has 2 aromatic carbocycles. The molecular formula is C19H16F3N5O. The minimum atomic E-state index is -4.59. The average molecular weight is 387 g/mol. The van der Waals surface area contributed by atoms with Gasteiger partial charge in [0.1, 0.15) is 17.2 Å². The van der Waals surface area contributed by atoms with Gasteiger partial charge in [-0.2, -0.15) is 18.2 Å². The molecule has 9 heteroatoms. The number of guanidine groups is 1. The zero-order chi connectivity index (χ0) is 20.1. The standard InChI is InChI=1S/C19H16F3N5O/c1-12-11-16(19(20,21)22)26-18(24-12)27-17(23)25-13-7-9-15(10-8-13)28-14-5-3-2-4-6-14/h2-11H,1H3,(H3,23,24,25,26,27). The van der Waals surface area contributed by atoms with Crippen LogP contribution in [0.1, 0.15) is 11.4 Å². The van der Waals surface area contributed by atoms with Crippen LogP contribution in [0.2, 0.25) is 0 Å². The summed E-state index contributed by atoms with van der Waals surface area (Å²) in [5.74, 6) is 0.794. The Labute approximate surface area is 158 Å². The Balaban J connectivity index is 1.70. The van der Waals surface area contributed by atoms with Crippen molar-refractivity contribution < 1.29 is 17.9 Å². The quantitative estimate of drug-likeness (QED) is 0.503. The number of nitrogens with zero attached hydrogens (tertiary/aromatic N) is 3. The van der Waals surface area contributed by atoms with Crippen molar-refractivity contribution in [3.8, 4) is 11.5 Å². The monoisotopic (exact) mass is 387 g/mol. The molecule has 1 heterocycles. The topological polar surface area (TPSA) is 85.4 Å². The van der Waals surface area contributed by atoms with Gasteiger partial charge < -0.3 is 15.8 Å². The Hall–Kier alpha value is -3.62. The molecule has 144 valence electrons. The van der Waals surface area contributed by atoms with Crippen LogP contribution in [0.5, 0.6) is 11.5 Å². The highest BCUT2D eigenvalue weighted by molar-refractivity contribution is 5.93. The van der Waals surface area contributed by atoms with E-state index in [1.54, 1.807) is 24.3 Å². The summed E-state index contributed by atoms with van der Waals surface area (Å²) in [4.78, 5) is 11.0. The lowest BCUT2D eigenvalue weighted by Gasteiger charge is -2.09. The molecule has 3 aromatic rings. The third-order valence-corrected chi connectivity index (χ3v) is 3.46. The number of hydrogen-bond donors (Lipinski definition) is 2. The number of alkyl halides is 3. The van der Waals surface area contributed by atoms with E-state index in [0.29, 0.717) is 17.2 Å². The fourth-order valence-electron chi connectivity index (χ4n) is 2.26. The van der Waals surface area contributed by atoms with Crippen molar-refractivity contribution in [2.24, 2.45) is 10.7 Å². The third kappa shape index (κ3) is 5.19. The van der Waals surface area contributed by atoms with Gasteiger partial charge in [0.05, 0.1) is 0 Å². The van der Waals surface area contributed by atoms with Gasteiger partial charge in [0.25, 0.3) is 5.95 Å². The maximum Gasteiger partial charge on any atom is 0.433 e. The molecule has 0 radical (unpaired) electrons. The number of hydrogen-bond acceptors (Lipinski definition) is 4. The van der Waals surface area contributed by atoms with Crippen molar-refractivity contribution in [2.45, 2.75) is 13.1 Å². The molecule has 0 unspecified atom stereocenters. The van der Waals surface area contributed by atoms with E-state index in [2.05, 4.69) is 20.3 Å². The first-order valence-electron chi connectivity index (χ1n) is 8.16. The van der Waals surface area contributed by atoms with Crippen LogP contribution in [0.25, 0.3) is 0 Å². The minimum Gasteiger partial charge on any atom is -0.457 e. The van der Waals surface area contributed by atoms with Crippen LogP contribution in [0.3, 0.4) is 0 Å². The van der Waals surface area contributed by atoms with Crippen LogP contribution in [0, 0.1) is 6.92 Å². The molecule has 0 aliphatic carbocycles. The third-order valence-electron chi connectivity index (χ3n) is 3.46. The molecule has 0 bridgehead atoms. The Morgan fingerprint density at radius 3 is 2.29 bits per heavy atom. The minimum absolute atomic E-state index is 0.135. The summed E-state index contributed by atoms with van der Waals surface area (Å²) in [6.07, 6.45) is -4.59. The maximum absolute atomic E-state index is 12.8. The summed E-state index contributed by atoms with van der Waals surface area (Å²) in [6, 6.07) is 16.9. The predicted octanol–water partition coefficient (Wildman–Crippen LogP) is 4.65. The van der Waals surface area contributed by atoms with Crippen LogP contribution in [-0.4, -0.2) is 15.9 Å². The lowest BCUT2D eigenvalue weighted by atomic mass is 10.3. The van der Waals surface area contributed by atoms with E-state index in [0.717, 1.165) is 6.07 Å².